The van der Waals surface area contributed by atoms with E-state index < -0.39 is 0 Å². The second-order valence-electron chi connectivity index (χ2n) is 5.97. The van der Waals surface area contributed by atoms with E-state index in [2.05, 4.69) is 28.0 Å². The molecule has 1 aromatic heterocycles. The van der Waals surface area contributed by atoms with Crippen LogP contribution in [0.1, 0.15) is 50.4 Å². The van der Waals surface area contributed by atoms with Crippen molar-refractivity contribution in [1.29, 1.82) is 0 Å². The lowest BCUT2D eigenvalue weighted by molar-refractivity contribution is 0.0453. The Bertz CT molecular complexity index is 430. The minimum absolute atomic E-state index is 0.143. The van der Waals surface area contributed by atoms with Gasteiger partial charge >= 0.3 is 0 Å². The highest BCUT2D eigenvalue weighted by atomic mass is 79.9. The smallest absolute Gasteiger partial charge is 0.0738 e. The van der Waals surface area contributed by atoms with Gasteiger partial charge in [0.15, 0.2) is 0 Å². The van der Waals surface area contributed by atoms with Crippen molar-refractivity contribution < 1.29 is 5.11 Å². The van der Waals surface area contributed by atoms with Crippen molar-refractivity contribution in [3.63, 3.8) is 0 Å². The van der Waals surface area contributed by atoms with Crippen molar-refractivity contribution in [2.45, 2.75) is 58.5 Å². The number of hydrogen-bond acceptors (Lipinski definition) is 2. The molecule has 1 aliphatic carbocycles. The fourth-order valence-corrected chi connectivity index (χ4v) is 3.88. The molecule has 1 heterocycles. The Morgan fingerprint density at radius 2 is 2.16 bits per heavy atom. The topological polar surface area (TPSA) is 38.1 Å². The predicted octanol–water partition coefficient (Wildman–Crippen LogP) is 3.61. The summed E-state index contributed by atoms with van der Waals surface area (Å²) < 4.78 is 3.06. The van der Waals surface area contributed by atoms with E-state index in [-0.39, 0.29) is 6.10 Å². The summed E-state index contributed by atoms with van der Waals surface area (Å²) in [6.07, 6.45) is 6.65. The molecule has 0 bridgehead atoms. The van der Waals surface area contributed by atoms with Crippen molar-refractivity contribution in [2.24, 2.45) is 18.9 Å². The highest BCUT2D eigenvalue weighted by Gasteiger charge is 2.30. The van der Waals surface area contributed by atoms with Gasteiger partial charge in [-0.05, 0) is 60.4 Å². The minimum atomic E-state index is -0.143. The quantitative estimate of drug-likeness (QED) is 0.916. The van der Waals surface area contributed by atoms with Crippen molar-refractivity contribution >= 4 is 15.9 Å². The van der Waals surface area contributed by atoms with E-state index in [9.17, 15) is 5.11 Å². The number of rotatable bonds is 4. The maximum absolute atomic E-state index is 10.3. The van der Waals surface area contributed by atoms with Gasteiger partial charge < -0.3 is 5.11 Å². The van der Waals surface area contributed by atoms with E-state index in [1.54, 1.807) is 0 Å². The molecule has 1 fully saturated rings. The minimum Gasteiger partial charge on any atom is -0.393 e. The summed E-state index contributed by atoms with van der Waals surface area (Å²) >= 11 is 3.63. The first-order valence-corrected chi connectivity index (χ1v) is 8.18. The zero-order valence-corrected chi connectivity index (χ0v) is 13.8. The van der Waals surface area contributed by atoms with E-state index in [4.69, 9.17) is 0 Å². The Kier molecular flexibility index (Phi) is 5.07. The second-order valence-corrected chi connectivity index (χ2v) is 6.76. The third-order valence-corrected chi connectivity index (χ3v) is 5.50. The first-order valence-electron chi connectivity index (χ1n) is 7.39. The van der Waals surface area contributed by atoms with Gasteiger partial charge in [0.2, 0.25) is 0 Å². The zero-order chi connectivity index (χ0) is 14.0. The molecule has 0 amide bonds. The fraction of sp³-hybridized carbons (Fsp3) is 0.800. The Morgan fingerprint density at radius 1 is 1.42 bits per heavy atom. The zero-order valence-electron chi connectivity index (χ0n) is 12.2. The molecule has 0 aromatic carbocycles. The van der Waals surface area contributed by atoms with Gasteiger partial charge in [0, 0.05) is 7.05 Å². The fourth-order valence-electron chi connectivity index (χ4n) is 3.39. The highest BCUT2D eigenvalue weighted by molar-refractivity contribution is 9.10. The normalized spacial score (nSPS) is 27.7. The third-order valence-electron chi connectivity index (χ3n) is 4.47. The molecular weight excluding hydrogens is 304 g/mol. The number of aliphatic hydroxyl groups is 1. The average molecular weight is 329 g/mol. The molecule has 1 saturated carbocycles. The van der Waals surface area contributed by atoms with Gasteiger partial charge in [-0.2, -0.15) is 5.10 Å². The Morgan fingerprint density at radius 3 is 2.74 bits per heavy atom. The van der Waals surface area contributed by atoms with Crippen LogP contribution in [0.2, 0.25) is 0 Å². The van der Waals surface area contributed by atoms with Crippen molar-refractivity contribution in [3.8, 4) is 0 Å². The van der Waals surface area contributed by atoms with Crippen molar-refractivity contribution in [1.82, 2.24) is 9.78 Å². The van der Waals surface area contributed by atoms with E-state index in [0.717, 1.165) is 35.3 Å². The molecule has 1 aliphatic rings. The average Bonchev–Trinajstić information content (AvgIpc) is 2.60. The Hall–Kier alpha value is -0.350. The SMILES string of the molecule is CCCC1CCC(O)C(Cc2c(Br)c(C)nn2C)C1. The third kappa shape index (κ3) is 3.40. The number of hydrogen-bond donors (Lipinski definition) is 1. The van der Waals surface area contributed by atoms with Crippen LogP contribution in [0.4, 0.5) is 0 Å². The van der Waals surface area contributed by atoms with Gasteiger partial charge in [0.1, 0.15) is 0 Å². The van der Waals surface area contributed by atoms with Crippen LogP contribution in [0.5, 0.6) is 0 Å². The van der Waals surface area contributed by atoms with Gasteiger partial charge in [-0.25, -0.2) is 0 Å². The maximum Gasteiger partial charge on any atom is 0.0738 e. The van der Waals surface area contributed by atoms with E-state index in [0.29, 0.717) is 5.92 Å². The molecule has 0 saturated heterocycles. The molecule has 3 atom stereocenters. The molecule has 0 radical (unpaired) electrons. The molecule has 2 rings (SSSR count). The summed E-state index contributed by atoms with van der Waals surface area (Å²) in [5.74, 6) is 1.18. The van der Waals surface area contributed by atoms with Crippen LogP contribution < -0.4 is 0 Å². The van der Waals surface area contributed by atoms with Gasteiger partial charge in [0.25, 0.3) is 0 Å². The van der Waals surface area contributed by atoms with E-state index >= 15 is 0 Å². The van der Waals surface area contributed by atoms with Gasteiger partial charge in [-0.3, -0.25) is 4.68 Å². The molecular formula is C15H25BrN2O. The predicted molar refractivity (Wildman–Crippen MR) is 81.1 cm³/mol. The van der Waals surface area contributed by atoms with Crippen molar-refractivity contribution in [3.05, 3.63) is 15.9 Å². The maximum atomic E-state index is 10.3. The van der Waals surface area contributed by atoms with E-state index in [1.165, 1.54) is 25.0 Å². The largest absolute Gasteiger partial charge is 0.393 e. The molecule has 1 N–H and O–H groups in total. The monoisotopic (exact) mass is 328 g/mol. The summed E-state index contributed by atoms with van der Waals surface area (Å²) in [7, 11) is 1.99. The number of halogens is 1. The first kappa shape index (κ1) is 15.0. The summed E-state index contributed by atoms with van der Waals surface area (Å²) in [6, 6.07) is 0. The van der Waals surface area contributed by atoms with Gasteiger partial charge in [-0.1, -0.05) is 19.8 Å². The molecule has 19 heavy (non-hydrogen) atoms. The Labute approximate surface area is 124 Å². The van der Waals surface area contributed by atoms with Crippen LogP contribution in [0.15, 0.2) is 4.47 Å². The molecule has 1 aromatic rings. The lowest BCUT2D eigenvalue weighted by Crippen LogP contribution is -2.31. The number of aromatic nitrogens is 2. The molecule has 4 heteroatoms. The molecule has 108 valence electrons. The van der Waals surface area contributed by atoms with Crippen LogP contribution in [0.25, 0.3) is 0 Å². The summed E-state index contributed by atoms with van der Waals surface area (Å²) in [5.41, 5.74) is 2.26. The number of nitrogens with zero attached hydrogens (tertiary/aromatic N) is 2. The first-order chi connectivity index (χ1) is 9.02. The summed E-state index contributed by atoms with van der Waals surface area (Å²) in [6.45, 7) is 4.27. The van der Waals surface area contributed by atoms with Crippen LogP contribution >= 0.6 is 15.9 Å². The van der Waals surface area contributed by atoms with Crippen LogP contribution in [0, 0.1) is 18.8 Å². The number of aryl methyl sites for hydroxylation is 2. The lowest BCUT2D eigenvalue weighted by atomic mass is 9.76. The standard InChI is InChI=1S/C15H25BrN2O/c1-4-5-11-6-7-14(19)12(8-11)9-13-15(16)10(2)17-18(13)3/h11-12,14,19H,4-9H2,1-3H3. The molecule has 3 unspecified atom stereocenters. The Balaban J connectivity index is 2.07. The second kappa shape index (κ2) is 6.40. The molecule has 0 aliphatic heterocycles. The summed E-state index contributed by atoms with van der Waals surface area (Å²) in [5, 5.41) is 14.7. The van der Waals surface area contributed by atoms with Gasteiger partial charge in [-0.15, -0.1) is 0 Å². The van der Waals surface area contributed by atoms with Crippen molar-refractivity contribution in [2.75, 3.05) is 0 Å². The molecule has 0 spiro atoms. The van der Waals surface area contributed by atoms with E-state index in [1.807, 2.05) is 18.7 Å². The van der Waals surface area contributed by atoms with Crippen LogP contribution in [-0.4, -0.2) is 21.0 Å². The number of aliphatic hydroxyl groups excluding tert-OH is 1. The summed E-state index contributed by atoms with van der Waals surface area (Å²) in [4.78, 5) is 0. The molecule has 3 nitrogen and oxygen atoms in total. The van der Waals surface area contributed by atoms with Crippen LogP contribution in [0.3, 0.4) is 0 Å². The lowest BCUT2D eigenvalue weighted by Gasteiger charge is -2.33. The van der Waals surface area contributed by atoms with Crippen LogP contribution in [-0.2, 0) is 13.5 Å². The van der Waals surface area contributed by atoms with Gasteiger partial charge in [0.05, 0.1) is 22.0 Å². The highest BCUT2D eigenvalue weighted by Crippen LogP contribution is 2.35.